The molecule has 0 N–H and O–H groups in total. The van der Waals surface area contributed by atoms with Gasteiger partial charge in [0.2, 0.25) is 0 Å². The number of amides is 1. The van der Waals surface area contributed by atoms with Crippen LogP contribution in [-0.4, -0.2) is 55.5 Å². The van der Waals surface area contributed by atoms with Crippen molar-refractivity contribution in [3.63, 3.8) is 0 Å². The summed E-state index contributed by atoms with van der Waals surface area (Å²) < 4.78 is 31.2. The average Bonchev–Trinajstić information content (AvgIpc) is 2.83. The summed E-state index contributed by atoms with van der Waals surface area (Å²) in [5, 5.41) is 0.00367. The Morgan fingerprint density at radius 3 is 2.75 bits per heavy atom. The number of carbonyl (C=O) groups excluding carboxylic acids is 1. The first-order valence-corrected chi connectivity index (χ1v) is 12.4. The Kier molecular flexibility index (Phi) is 9.51. The van der Waals surface area contributed by atoms with Crippen LogP contribution in [0.3, 0.4) is 0 Å². The fourth-order valence-corrected chi connectivity index (χ4v) is 4.10. The van der Waals surface area contributed by atoms with Crippen LogP contribution in [0.5, 0.6) is 11.5 Å². The van der Waals surface area contributed by atoms with Crippen molar-refractivity contribution in [2.24, 2.45) is 4.99 Å². The highest BCUT2D eigenvalue weighted by atomic mass is 35.5. The van der Waals surface area contributed by atoms with Gasteiger partial charge in [-0.05, 0) is 64.3 Å². The zero-order valence-corrected chi connectivity index (χ0v) is 22.3. The van der Waals surface area contributed by atoms with Crippen molar-refractivity contribution in [2.75, 3.05) is 26.9 Å². The summed E-state index contributed by atoms with van der Waals surface area (Å²) in [6.45, 7) is 9.18. The molecule has 194 valence electrons. The largest absolute Gasteiger partial charge is 0.493 e. The number of hydrogen-bond acceptors (Lipinski definition) is 5. The van der Waals surface area contributed by atoms with E-state index in [1.165, 1.54) is 12.3 Å². The van der Waals surface area contributed by atoms with Crippen LogP contribution < -0.4 is 9.47 Å². The smallest absolute Gasteiger partial charge is 0.272 e. The number of carbonyl (C=O) groups is 1. The van der Waals surface area contributed by atoms with E-state index in [9.17, 15) is 9.18 Å². The third-order valence-corrected chi connectivity index (χ3v) is 6.09. The van der Waals surface area contributed by atoms with Crippen molar-refractivity contribution in [2.45, 2.75) is 52.2 Å². The van der Waals surface area contributed by atoms with E-state index in [0.29, 0.717) is 44.1 Å². The van der Waals surface area contributed by atoms with Gasteiger partial charge in [-0.2, -0.15) is 0 Å². The van der Waals surface area contributed by atoms with Crippen molar-refractivity contribution in [1.29, 1.82) is 0 Å². The Morgan fingerprint density at radius 2 is 2.06 bits per heavy atom. The molecule has 0 aromatic heterocycles. The monoisotopic (exact) mass is 516 g/mol. The molecular formula is C28H34ClFN2O4. The lowest BCUT2D eigenvalue weighted by molar-refractivity contribution is -0.142. The normalized spacial score (nSPS) is 16.0. The first-order valence-electron chi connectivity index (χ1n) is 12.0. The molecule has 0 bridgehead atoms. The maximum Gasteiger partial charge on any atom is 0.272 e. The van der Waals surface area contributed by atoms with E-state index in [-0.39, 0.29) is 28.3 Å². The van der Waals surface area contributed by atoms with Gasteiger partial charge in [0.15, 0.2) is 17.3 Å². The molecule has 1 saturated heterocycles. The van der Waals surface area contributed by atoms with Gasteiger partial charge in [0.25, 0.3) is 5.91 Å². The van der Waals surface area contributed by atoms with Gasteiger partial charge in [-0.25, -0.2) is 4.39 Å². The Bertz CT molecular complexity index is 1130. The third kappa shape index (κ3) is 7.08. The summed E-state index contributed by atoms with van der Waals surface area (Å²) in [6, 6.07) is 10.5. The first kappa shape index (κ1) is 27.7. The second kappa shape index (κ2) is 12.4. The fourth-order valence-electron chi connectivity index (χ4n) is 3.92. The molecule has 0 atom stereocenters. The second-order valence-electron chi connectivity index (χ2n) is 9.50. The zero-order valence-electron chi connectivity index (χ0n) is 21.5. The lowest BCUT2D eigenvalue weighted by Crippen LogP contribution is -2.55. The van der Waals surface area contributed by atoms with Gasteiger partial charge in [-0.15, -0.1) is 0 Å². The lowest BCUT2D eigenvalue weighted by Gasteiger charge is -2.42. The van der Waals surface area contributed by atoms with E-state index in [1.807, 2.05) is 45.9 Å². The summed E-state index contributed by atoms with van der Waals surface area (Å²) >= 11 is 5.91. The molecular weight excluding hydrogens is 483 g/mol. The Morgan fingerprint density at radius 1 is 1.28 bits per heavy atom. The second-order valence-corrected chi connectivity index (χ2v) is 9.91. The molecule has 1 amide bonds. The van der Waals surface area contributed by atoms with Gasteiger partial charge in [-0.1, -0.05) is 35.9 Å². The highest BCUT2D eigenvalue weighted by molar-refractivity contribution is 6.31. The molecule has 0 spiro atoms. The molecule has 3 rings (SSSR count). The van der Waals surface area contributed by atoms with Crippen molar-refractivity contribution in [3.8, 4) is 11.5 Å². The van der Waals surface area contributed by atoms with Crippen LogP contribution in [0.25, 0.3) is 0 Å². The minimum Gasteiger partial charge on any atom is -0.493 e. The van der Waals surface area contributed by atoms with Gasteiger partial charge in [0.1, 0.15) is 5.70 Å². The van der Waals surface area contributed by atoms with Crippen molar-refractivity contribution in [3.05, 3.63) is 70.1 Å². The number of hydrogen-bond donors (Lipinski definition) is 0. The van der Waals surface area contributed by atoms with E-state index < -0.39 is 11.4 Å². The van der Waals surface area contributed by atoms with E-state index >= 15 is 0 Å². The minimum atomic E-state index is -0.572. The van der Waals surface area contributed by atoms with Crippen LogP contribution in [0.2, 0.25) is 5.02 Å². The van der Waals surface area contributed by atoms with E-state index in [4.69, 9.17) is 25.8 Å². The van der Waals surface area contributed by atoms with Crippen LogP contribution in [0, 0.1) is 5.82 Å². The molecule has 2 aromatic rings. The van der Waals surface area contributed by atoms with E-state index in [2.05, 4.69) is 4.99 Å². The number of halogens is 2. The van der Waals surface area contributed by atoms with Crippen LogP contribution in [0.4, 0.5) is 4.39 Å². The molecule has 0 radical (unpaired) electrons. The maximum absolute atomic E-state index is 14.4. The predicted molar refractivity (Wildman–Crippen MR) is 141 cm³/mol. The summed E-state index contributed by atoms with van der Waals surface area (Å²) in [6.07, 6.45) is 4.38. The number of morpholine rings is 1. The lowest BCUT2D eigenvalue weighted by atomic mass is 10.0. The molecule has 0 saturated carbocycles. The van der Waals surface area contributed by atoms with Gasteiger partial charge >= 0.3 is 0 Å². The van der Waals surface area contributed by atoms with E-state index in [0.717, 1.165) is 5.56 Å². The SMILES string of the molecule is COc1cc(CC/C=C(/N=Cc2cccc(Cl)c2F)C(=O)N2CCOCC2(C)C)ccc1OC(C)C. The van der Waals surface area contributed by atoms with Crippen LogP contribution in [0.1, 0.15) is 45.2 Å². The fraction of sp³-hybridized carbons (Fsp3) is 0.429. The van der Waals surface area contributed by atoms with Crippen molar-refractivity contribution >= 4 is 23.7 Å². The van der Waals surface area contributed by atoms with E-state index in [1.54, 1.807) is 30.2 Å². The summed E-state index contributed by atoms with van der Waals surface area (Å²) in [5.41, 5.74) is 1.01. The van der Waals surface area contributed by atoms with Gasteiger partial charge in [0.05, 0.1) is 37.0 Å². The molecule has 1 heterocycles. The topological polar surface area (TPSA) is 60.4 Å². The zero-order chi connectivity index (χ0) is 26.3. The number of aliphatic imine (C=N–C) groups is 1. The highest BCUT2D eigenvalue weighted by Crippen LogP contribution is 2.30. The molecule has 0 aliphatic carbocycles. The highest BCUT2D eigenvalue weighted by Gasteiger charge is 2.35. The van der Waals surface area contributed by atoms with Gasteiger partial charge in [-0.3, -0.25) is 9.79 Å². The molecule has 0 unspecified atom stereocenters. The molecule has 36 heavy (non-hydrogen) atoms. The van der Waals surface area contributed by atoms with Gasteiger partial charge < -0.3 is 19.1 Å². The van der Waals surface area contributed by atoms with Crippen molar-refractivity contribution < 1.29 is 23.4 Å². The van der Waals surface area contributed by atoms with Crippen LogP contribution in [-0.2, 0) is 16.0 Å². The van der Waals surface area contributed by atoms with Crippen LogP contribution >= 0.6 is 11.6 Å². The number of ether oxygens (including phenoxy) is 3. The summed E-state index contributed by atoms with van der Waals surface area (Å²) in [5.74, 6) is 0.550. The number of rotatable bonds is 9. The molecule has 1 fully saturated rings. The molecule has 1 aliphatic heterocycles. The number of benzene rings is 2. The average molecular weight is 517 g/mol. The third-order valence-electron chi connectivity index (χ3n) is 5.80. The Labute approximate surface area is 217 Å². The molecule has 8 heteroatoms. The summed E-state index contributed by atoms with van der Waals surface area (Å²) in [7, 11) is 1.61. The Hall–Kier alpha value is -2.90. The standard InChI is InChI=1S/C28H34ClFN2O4/c1-19(2)36-24-13-12-20(16-25(24)34-5)8-6-11-23(27(33)32-14-15-35-18-28(32,3)4)31-17-21-9-7-10-22(29)26(21)30/h7,9-13,16-17,19H,6,8,14-15,18H2,1-5H3/b23-11+,31-17?. The quantitative estimate of drug-likeness (QED) is 0.310. The molecule has 6 nitrogen and oxygen atoms in total. The maximum atomic E-state index is 14.4. The first-order chi connectivity index (χ1) is 17.1. The Balaban J connectivity index is 1.85. The predicted octanol–water partition coefficient (Wildman–Crippen LogP) is 5.85. The van der Waals surface area contributed by atoms with Gasteiger partial charge in [0, 0.05) is 18.3 Å². The molecule has 2 aromatic carbocycles. The molecule has 1 aliphatic rings. The number of allylic oxidation sites excluding steroid dienone is 1. The number of aryl methyl sites for hydroxylation is 1. The summed E-state index contributed by atoms with van der Waals surface area (Å²) in [4.78, 5) is 19.7. The number of nitrogens with zero attached hydrogens (tertiary/aromatic N) is 2. The van der Waals surface area contributed by atoms with Crippen molar-refractivity contribution in [1.82, 2.24) is 4.90 Å². The minimum absolute atomic E-state index is 0.00367. The van der Waals surface area contributed by atoms with Crippen LogP contribution in [0.15, 0.2) is 53.2 Å². The number of methoxy groups -OCH3 is 1.